The van der Waals surface area contributed by atoms with Crippen LogP contribution in [0.4, 0.5) is 0 Å². The van der Waals surface area contributed by atoms with E-state index in [0.29, 0.717) is 6.42 Å². The van der Waals surface area contributed by atoms with Crippen molar-refractivity contribution >= 4 is 5.91 Å². The molecular weight excluding hydrogens is 216 g/mol. The van der Waals surface area contributed by atoms with Gasteiger partial charge in [-0.3, -0.25) is 4.79 Å². The van der Waals surface area contributed by atoms with E-state index in [4.69, 9.17) is 10.8 Å². The Balaban J connectivity index is 2.38. The van der Waals surface area contributed by atoms with E-state index >= 15 is 0 Å². The van der Waals surface area contributed by atoms with Crippen LogP contribution in [0, 0.1) is 5.92 Å². The maximum Gasteiger partial charge on any atom is 0.222 e. The fourth-order valence-corrected chi connectivity index (χ4v) is 2.36. The van der Waals surface area contributed by atoms with Crippen molar-refractivity contribution in [1.82, 2.24) is 5.32 Å². The van der Waals surface area contributed by atoms with E-state index in [1.54, 1.807) is 0 Å². The van der Waals surface area contributed by atoms with Crippen molar-refractivity contribution in [3.05, 3.63) is 0 Å². The molecule has 2 unspecified atom stereocenters. The third kappa shape index (κ3) is 4.64. The lowest BCUT2D eigenvalue weighted by atomic mass is 9.80. The van der Waals surface area contributed by atoms with Gasteiger partial charge in [0.15, 0.2) is 0 Å². The summed E-state index contributed by atoms with van der Waals surface area (Å²) < 4.78 is 0. The van der Waals surface area contributed by atoms with Gasteiger partial charge < -0.3 is 16.2 Å². The van der Waals surface area contributed by atoms with E-state index < -0.39 is 0 Å². The number of hydrogen-bond acceptors (Lipinski definition) is 3. The fraction of sp³-hybridized carbons (Fsp3) is 0.923. The molecule has 1 fully saturated rings. The minimum Gasteiger partial charge on any atom is -0.396 e. The second-order valence-corrected chi connectivity index (χ2v) is 5.62. The molecule has 0 aromatic carbocycles. The summed E-state index contributed by atoms with van der Waals surface area (Å²) in [6.07, 6.45) is 5.81. The summed E-state index contributed by atoms with van der Waals surface area (Å²) in [5.41, 5.74) is 5.93. The lowest BCUT2D eigenvalue weighted by Crippen LogP contribution is -2.48. The molecular formula is C13H26N2O2. The lowest BCUT2D eigenvalue weighted by Gasteiger charge is -2.33. The first-order valence-corrected chi connectivity index (χ1v) is 6.66. The second kappa shape index (κ2) is 6.36. The van der Waals surface area contributed by atoms with Crippen LogP contribution in [0.1, 0.15) is 52.4 Å². The Labute approximate surface area is 104 Å². The van der Waals surface area contributed by atoms with Crippen molar-refractivity contribution in [2.45, 2.75) is 64.0 Å². The van der Waals surface area contributed by atoms with Crippen LogP contribution in [0.5, 0.6) is 0 Å². The molecule has 0 aliphatic heterocycles. The fourth-order valence-electron chi connectivity index (χ4n) is 2.36. The number of carbonyl (C=O) groups excluding carboxylic acids is 1. The molecule has 0 aromatic rings. The number of nitrogens with one attached hydrogen (secondary N) is 1. The van der Waals surface area contributed by atoms with E-state index in [2.05, 4.69) is 5.32 Å². The Bertz CT molecular complexity index is 250. The third-order valence-electron chi connectivity index (χ3n) is 3.89. The highest BCUT2D eigenvalue weighted by atomic mass is 16.3. The molecule has 0 spiro atoms. The van der Waals surface area contributed by atoms with Gasteiger partial charge in [0.25, 0.3) is 0 Å². The Morgan fingerprint density at radius 2 is 1.94 bits per heavy atom. The zero-order valence-corrected chi connectivity index (χ0v) is 11.0. The quantitative estimate of drug-likeness (QED) is 0.677. The molecule has 1 aliphatic rings. The van der Waals surface area contributed by atoms with Crippen LogP contribution < -0.4 is 11.1 Å². The zero-order chi connectivity index (χ0) is 12.9. The molecule has 2 atom stereocenters. The average Bonchev–Trinajstić information content (AvgIpc) is 2.27. The molecule has 17 heavy (non-hydrogen) atoms. The minimum atomic E-state index is -0.301. The molecule has 0 aromatic heterocycles. The highest BCUT2D eigenvalue weighted by Crippen LogP contribution is 2.28. The number of carbonyl (C=O) groups is 1. The van der Waals surface area contributed by atoms with Gasteiger partial charge in [-0.1, -0.05) is 26.2 Å². The van der Waals surface area contributed by atoms with Crippen molar-refractivity contribution in [3.63, 3.8) is 0 Å². The summed E-state index contributed by atoms with van der Waals surface area (Å²) in [5, 5.41) is 11.9. The summed E-state index contributed by atoms with van der Waals surface area (Å²) >= 11 is 0. The second-order valence-electron chi connectivity index (χ2n) is 5.62. The highest BCUT2D eigenvalue weighted by Gasteiger charge is 2.30. The Kier molecular flexibility index (Phi) is 5.40. The van der Waals surface area contributed by atoms with Crippen molar-refractivity contribution in [2.24, 2.45) is 11.7 Å². The van der Waals surface area contributed by atoms with Gasteiger partial charge in [-0.05, 0) is 25.7 Å². The molecule has 0 heterocycles. The summed E-state index contributed by atoms with van der Waals surface area (Å²) in [5.74, 6) is 0.0984. The first kappa shape index (κ1) is 14.5. The topological polar surface area (TPSA) is 75.3 Å². The van der Waals surface area contributed by atoms with E-state index in [0.717, 1.165) is 25.7 Å². The summed E-state index contributed by atoms with van der Waals surface area (Å²) in [7, 11) is 0. The van der Waals surface area contributed by atoms with Crippen LogP contribution in [0.15, 0.2) is 0 Å². The smallest absolute Gasteiger partial charge is 0.222 e. The maximum atomic E-state index is 11.9. The minimum absolute atomic E-state index is 0.000287. The van der Waals surface area contributed by atoms with Crippen molar-refractivity contribution in [1.29, 1.82) is 0 Å². The van der Waals surface area contributed by atoms with Crippen LogP contribution >= 0.6 is 0 Å². The van der Waals surface area contributed by atoms with Crippen LogP contribution in [0.25, 0.3) is 0 Å². The number of aliphatic hydroxyl groups is 1. The summed E-state index contributed by atoms with van der Waals surface area (Å²) in [4.78, 5) is 11.9. The third-order valence-corrected chi connectivity index (χ3v) is 3.89. The van der Waals surface area contributed by atoms with Crippen LogP contribution in [-0.4, -0.2) is 29.2 Å². The number of nitrogens with two attached hydrogens (primary N) is 1. The molecule has 0 bridgehead atoms. The Hall–Kier alpha value is -0.610. The van der Waals surface area contributed by atoms with Gasteiger partial charge in [-0.15, -0.1) is 0 Å². The number of hydrogen-bond donors (Lipinski definition) is 3. The normalized spacial score (nSPS) is 22.8. The molecule has 1 rings (SSSR count). The molecule has 100 valence electrons. The molecule has 0 radical (unpaired) electrons. The molecule has 4 nitrogen and oxygen atoms in total. The first-order chi connectivity index (χ1) is 7.97. The van der Waals surface area contributed by atoms with E-state index in [-0.39, 0.29) is 30.0 Å². The lowest BCUT2D eigenvalue weighted by molar-refractivity contribution is -0.123. The molecule has 4 N–H and O–H groups in total. The van der Waals surface area contributed by atoms with Gasteiger partial charge in [0.1, 0.15) is 0 Å². The van der Waals surface area contributed by atoms with Gasteiger partial charge in [0.2, 0.25) is 5.91 Å². The van der Waals surface area contributed by atoms with Gasteiger partial charge in [-0.2, -0.15) is 0 Å². The summed E-state index contributed by atoms with van der Waals surface area (Å²) in [6.45, 7) is 3.93. The van der Waals surface area contributed by atoms with Crippen LogP contribution in [-0.2, 0) is 4.79 Å². The van der Waals surface area contributed by atoms with Crippen LogP contribution in [0.2, 0.25) is 0 Å². The van der Waals surface area contributed by atoms with Gasteiger partial charge in [0.05, 0.1) is 0 Å². The molecule has 1 aliphatic carbocycles. The molecule has 1 saturated carbocycles. The largest absolute Gasteiger partial charge is 0.396 e. The first-order valence-electron chi connectivity index (χ1n) is 6.66. The SMILES string of the molecule is CC(CO)C(C)NC(=O)CC1(N)CCCCC1. The van der Waals surface area contributed by atoms with Crippen molar-refractivity contribution in [2.75, 3.05) is 6.61 Å². The number of rotatable bonds is 5. The zero-order valence-electron chi connectivity index (χ0n) is 11.0. The van der Waals surface area contributed by atoms with Crippen molar-refractivity contribution < 1.29 is 9.90 Å². The van der Waals surface area contributed by atoms with Crippen LogP contribution in [0.3, 0.4) is 0 Å². The Morgan fingerprint density at radius 1 is 1.35 bits per heavy atom. The highest BCUT2D eigenvalue weighted by molar-refractivity contribution is 5.77. The predicted molar refractivity (Wildman–Crippen MR) is 68.5 cm³/mol. The number of aliphatic hydroxyl groups excluding tert-OH is 1. The van der Waals surface area contributed by atoms with Crippen molar-refractivity contribution in [3.8, 4) is 0 Å². The molecule has 1 amide bonds. The van der Waals surface area contributed by atoms with Gasteiger partial charge >= 0.3 is 0 Å². The predicted octanol–water partition coefficient (Wildman–Crippen LogP) is 1.17. The summed E-state index contributed by atoms with van der Waals surface area (Å²) in [6, 6.07) is -0.000287. The molecule has 4 heteroatoms. The Morgan fingerprint density at radius 3 is 2.47 bits per heavy atom. The maximum absolute atomic E-state index is 11.9. The van der Waals surface area contributed by atoms with Gasteiger partial charge in [0, 0.05) is 24.6 Å². The van der Waals surface area contributed by atoms with E-state index in [9.17, 15) is 4.79 Å². The monoisotopic (exact) mass is 242 g/mol. The van der Waals surface area contributed by atoms with E-state index in [1.807, 2.05) is 13.8 Å². The molecule has 0 saturated heterocycles. The van der Waals surface area contributed by atoms with Gasteiger partial charge in [-0.25, -0.2) is 0 Å². The standard InChI is InChI=1S/C13H26N2O2/c1-10(9-16)11(2)15-12(17)8-13(14)6-4-3-5-7-13/h10-11,16H,3-9,14H2,1-2H3,(H,15,17). The number of amides is 1. The average molecular weight is 242 g/mol. The van der Waals surface area contributed by atoms with E-state index in [1.165, 1.54) is 6.42 Å².